The van der Waals surface area contributed by atoms with Crippen molar-refractivity contribution in [1.82, 2.24) is 5.32 Å². The first-order chi connectivity index (χ1) is 8.76. The summed E-state index contributed by atoms with van der Waals surface area (Å²) in [5.41, 5.74) is 1.29. The van der Waals surface area contributed by atoms with Crippen molar-refractivity contribution in [3.63, 3.8) is 0 Å². The Morgan fingerprint density at radius 3 is 3.00 bits per heavy atom. The van der Waals surface area contributed by atoms with Crippen molar-refractivity contribution >= 4 is 0 Å². The normalized spacial score (nSPS) is 12.3. The molecule has 0 saturated carbocycles. The third kappa shape index (κ3) is 5.58. The Labute approximate surface area is 110 Å². The molecule has 0 heterocycles. The Balaban J connectivity index is 2.46. The molecule has 1 rings (SSSR count). The lowest BCUT2D eigenvalue weighted by Crippen LogP contribution is -2.03. The summed E-state index contributed by atoms with van der Waals surface area (Å²) < 4.78 is 5.66. The van der Waals surface area contributed by atoms with Gasteiger partial charge in [-0.15, -0.1) is 6.58 Å². The highest BCUT2D eigenvalue weighted by Gasteiger charge is 2.00. The van der Waals surface area contributed by atoms with E-state index in [1.807, 2.05) is 30.5 Å². The zero-order valence-corrected chi connectivity index (χ0v) is 11.4. The number of nitrogens with one attached hydrogen (secondary N) is 1. The predicted octanol–water partition coefficient (Wildman–Crippen LogP) is 3.55. The summed E-state index contributed by atoms with van der Waals surface area (Å²) in [6.45, 7) is 9.57. The van der Waals surface area contributed by atoms with Crippen LogP contribution < -0.4 is 10.1 Å². The second kappa shape index (κ2) is 8.40. The number of hydrogen-bond acceptors (Lipinski definition) is 2. The molecule has 0 aliphatic heterocycles. The second-order valence-electron chi connectivity index (χ2n) is 4.34. The summed E-state index contributed by atoms with van der Waals surface area (Å²) in [4.78, 5) is 0. The van der Waals surface area contributed by atoms with E-state index < -0.39 is 0 Å². The largest absolute Gasteiger partial charge is 0.489 e. The van der Waals surface area contributed by atoms with Crippen LogP contribution in [0.4, 0.5) is 0 Å². The highest BCUT2D eigenvalue weighted by molar-refractivity contribution is 5.29. The molecule has 2 nitrogen and oxygen atoms in total. The van der Waals surface area contributed by atoms with Gasteiger partial charge in [-0.1, -0.05) is 25.1 Å². The van der Waals surface area contributed by atoms with Crippen LogP contribution in [-0.4, -0.2) is 13.2 Å². The van der Waals surface area contributed by atoms with E-state index in [0.717, 1.165) is 18.7 Å². The Morgan fingerprint density at radius 2 is 2.28 bits per heavy atom. The molecule has 0 aliphatic carbocycles. The molecule has 0 aromatic heterocycles. The van der Waals surface area contributed by atoms with Crippen LogP contribution in [0.2, 0.25) is 0 Å². The van der Waals surface area contributed by atoms with Crippen LogP contribution >= 0.6 is 0 Å². The van der Waals surface area contributed by atoms with Crippen LogP contribution in [-0.2, 0) is 6.42 Å². The fraction of sp³-hybridized carbons (Fsp3) is 0.375. The lowest BCUT2D eigenvalue weighted by molar-refractivity contribution is 0.362. The monoisotopic (exact) mass is 245 g/mol. The standard InChI is InChI=1S/C16H23NO/c1-4-14(3)12-15-8-6-9-16(13-15)18-11-7-10-17-5-2/h4,6-10,13-14,17H,1,5,11-12H2,2-3H3/b10-7-. The zero-order valence-electron chi connectivity index (χ0n) is 11.4. The van der Waals surface area contributed by atoms with Gasteiger partial charge in [0.15, 0.2) is 0 Å². The van der Waals surface area contributed by atoms with Gasteiger partial charge < -0.3 is 10.1 Å². The molecule has 1 atom stereocenters. The van der Waals surface area contributed by atoms with Gasteiger partial charge in [0.2, 0.25) is 0 Å². The van der Waals surface area contributed by atoms with Gasteiger partial charge in [0.05, 0.1) is 0 Å². The van der Waals surface area contributed by atoms with E-state index in [2.05, 4.69) is 37.9 Å². The van der Waals surface area contributed by atoms with Crippen LogP contribution in [0.1, 0.15) is 19.4 Å². The molecule has 1 aromatic rings. The first-order valence-corrected chi connectivity index (χ1v) is 6.49. The van der Waals surface area contributed by atoms with E-state index in [9.17, 15) is 0 Å². The van der Waals surface area contributed by atoms with E-state index in [1.54, 1.807) is 0 Å². The molecule has 0 saturated heterocycles. The molecule has 1 unspecified atom stereocenters. The lowest BCUT2D eigenvalue weighted by Gasteiger charge is -2.08. The summed E-state index contributed by atoms with van der Waals surface area (Å²) in [6.07, 6.45) is 6.88. The van der Waals surface area contributed by atoms with Crippen LogP contribution in [0.5, 0.6) is 5.75 Å². The summed E-state index contributed by atoms with van der Waals surface area (Å²) in [6, 6.07) is 8.25. The van der Waals surface area contributed by atoms with Crippen molar-refractivity contribution in [2.45, 2.75) is 20.3 Å². The van der Waals surface area contributed by atoms with Crippen LogP contribution in [0.3, 0.4) is 0 Å². The number of hydrogen-bond donors (Lipinski definition) is 1. The maximum Gasteiger partial charge on any atom is 0.120 e. The Hall–Kier alpha value is -1.70. The first kappa shape index (κ1) is 14.4. The van der Waals surface area contributed by atoms with Gasteiger partial charge in [0.25, 0.3) is 0 Å². The highest BCUT2D eigenvalue weighted by Crippen LogP contribution is 2.16. The summed E-state index contributed by atoms with van der Waals surface area (Å²) in [5, 5.41) is 3.11. The van der Waals surface area contributed by atoms with E-state index >= 15 is 0 Å². The lowest BCUT2D eigenvalue weighted by atomic mass is 10.0. The molecule has 1 aromatic carbocycles. The van der Waals surface area contributed by atoms with Crippen LogP contribution in [0, 0.1) is 5.92 Å². The van der Waals surface area contributed by atoms with Gasteiger partial charge >= 0.3 is 0 Å². The summed E-state index contributed by atoms with van der Waals surface area (Å²) in [5.74, 6) is 1.42. The van der Waals surface area contributed by atoms with Crippen molar-refractivity contribution in [2.75, 3.05) is 13.2 Å². The Bertz CT molecular complexity index is 384. The Kier molecular flexibility index (Phi) is 6.70. The molecule has 0 spiro atoms. The maximum absolute atomic E-state index is 5.66. The maximum atomic E-state index is 5.66. The summed E-state index contributed by atoms with van der Waals surface area (Å²) >= 11 is 0. The van der Waals surface area contributed by atoms with Gasteiger partial charge in [-0.25, -0.2) is 0 Å². The average molecular weight is 245 g/mol. The number of allylic oxidation sites excluding steroid dienone is 1. The minimum absolute atomic E-state index is 0.494. The van der Waals surface area contributed by atoms with Crippen molar-refractivity contribution < 1.29 is 4.74 Å². The fourth-order valence-electron chi connectivity index (χ4n) is 1.61. The molecule has 2 heteroatoms. The second-order valence-corrected chi connectivity index (χ2v) is 4.34. The van der Waals surface area contributed by atoms with Crippen molar-refractivity contribution in [1.29, 1.82) is 0 Å². The van der Waals surface area contributed by atoms with E-state index in [4.69, 9.17) is 4.74 Å². The fourth-order valence-corrected chi connectivity index (χ4v) is 1.61. The molecular weight excluding hydrogens is 222 g/mol. The first-order valence-electron chi connectivity index (χ1n) is 6.49. The van der Waals surface area contributed by atoms with Gasteiger partial charge in [0.1, 0.15) is 12.4 Å². The SMILES string of the molecule is C=CC(C)Cc1cccc(OC/C=C\NCC)c1. The summed E-state index contributed by atoms with van der Waals surface area (Å²) in [7, 11) is 0. The number of benzene rings is 1. The molecule has 0 radical (unpaired) electrons. The van der Waals surface area contributed by atoms with Gasteiger partial charge in [-0.05, 0) is 49.2 Å². The molecule has 0 aliphatic rings. The molecule has 1 N–H and O–H groups in total. The Morgan fingerprint density at radius 1 is 1.44 bits per heavy atom. The minimum atomic E-state index is 0.494. The average Bonchev–Trinajstić information content (AvgIpc) is 2.39. The van der Waals surface area contributed by atoms with E-state index in [1.165, 1.54) is 5.56 Å². The van der Waals surface area contributed by atoms with Crippen molar-refractivity contribution in [3.05, 3.63) is 54.8 Å². The number of ether oxygens (including phenoxy) is 1. The molecule has 18 heavy (non-hydrogen) atoms. The van der Waals surface area contributed by atoms with E-state index in [-0.39, 0.29) is 0 Å². The third-order valence-electron chi connectivity index (χ3n) is 2.64. The quantitative estimate of drug-likeness (QED) is 0.707. The van der Waals surface area contributed by atoms with E-state index in [0.29, 0.717) is 12.5 Å². The van der Waals surface area contributed by atoms with Gasteiger partial charge in [-0.3, -0.25) is 0 Å². The van der Waals surface area contributed by atoms with Gasteiger partial charge in [0, 0.05) is 6.54 Å². The third-order valence-corrected chi connectivity index (χ3v) is 2.64. The van der Waals surface area contributed by atoms with Gasteiger partial charge in [-0.2, -0.15) is 0 Å². The minimum Gasteiger partial charge on any atom is -0.489 e. The van der Waals surface area contributed by atoms with Crippen molar-refractivity contribution in [2.24, 2.45) is 5.92 Å². The highest BCUT2D eigenvalue weighted by atomic mass is 16.5. The molecular formula is C16H23NO. The molecule has 0 bridgehead atoms. The zero-order chi connectivity index (χ0) is 13.2. The van der Waals surface area contributed by atoms with Crippen LogP contribution in [0.15, 0.2) is 49.2 Å². The van der Waals surface area contributed by atoms with Crippen LogP contribution in [0.25, 0.3) is 0 Å². The predicted molar refractivity (Wildman–Crippen MR) is 77.8 cm³/mol. The topological polar surface area (TPSA) is 21.3 Å². The number of rotatable bonds is 8. The molecule has 98 valence electrons. The van der Waals surface area contributed by atoms with Crippen molar-refractivity contribution in [3.8, 4) is 5.75 Å². The molecule has 0 fully saturated rings. The molecule has 0 amide bonds. The smallest absolute Gasteiger partial charge is 0.120 e.